The molecule has 1 nitrogen and oxygen atoms in total. The largest absolute Gasteiger partial charge is 0.310 e. The van der Waals surface area contributed by atoms with Gasteiger partial charge in [-0.1, -0.05) is 172 Å². The standard InChI is InChI=1S/C51H37N/c1-51(2)44-26-14-16-28-46(44)52(47-29-17-15-27-45(47)51)37-30-31-40-43(32-37)38-24-12-13-25-39(38)49-42(35-20-8-4-9-21-35)33-41(34-18-6-3-7-19-34)48(50(40)49)36-22-10-5-11-23-36/h3-33H,1-2H3. The monoisotopic (exact) mass is 663 g/mol. The molecule has 0 unspecified atom stereocenters. The fraction of sp³-hybridized carbons (Fsp3) is 0.0588. The van der Waals surface area contributed by atoms with E-state index in [-0.39, 0.29) is 5.41 Å². The van der Waals surface area contributed by atoms with Crippen molar-refractivity contribution in [3.8, 4) is 33.4 Å². The SMILES string of the molecule is CC1(C)c2ccccc2N(c2ccc3c(c2)c2ccccc2c2c(-c4ccccc4)cc(-c4ccccc4)c(-c4ccccc4)c32)c2ccccc21. The van der Waals surface area contributed by atoms with Gasteiger partial charge in [0.25, 0.3) is 0 Å². The van der Waals surface area contributed by atoms with Gasteiger partial charge in [-0.25, -0.2) is 0 Å². The van der Waals surface area contributed by atoms with Gasteiger partial charge in [-0.2, -0.15) is 0 Å². The van der Waals surface area contributed by atoms with E-state index in [0.29, 0.717) is 0 Å². The molecule has 0 fully saturated rings. The maximum absolute atomic E-state index is 2.47. The summed E-state index contributed by atoms with van der Waals surface area (Å²) in [5.41, 5.74) is 13.6. The van der Waals surface area contributed by atoms with Crippen molar-refractivity contribution < 1.29 is 0 Å². The molecule has 1 aliphatic heterocycles. The average Bonchev–Trinajstić information content (AvgIpc) is 3.21. The highest BCUT2D eigenvalue weighted by Crippen LogP contribution is 2.54. The predicted octanol–water partition coefficient (Wildman–Crippen LogP) is 14.3. The van der Waals surface area contributed by atoms with Crippen molar-refractivity contribution in [2.24, 2.45) is 0 Å². The molecule has 9 aromatic rings. The molecule has 0 radical (unpaired) electrons. The van der Waals surface area contributed by atoms with E-state index in [4.69, 9.17) is 0 Å². The number of anilines is 3. The van der Waals surface area contributed by atoms with Crippen LogP contribution < -0.4 is 4.90 Å². The van der Waals surface area contributed by atoms with E-state index >= 15 is 0 Å². The summed E-state index contributed by atoms with van der Waals surface area (Å²) >= 11 is 0. The lowest BCUT2D eigenvalue weighted by Crippen LogP contribution is -2.30. The molecule has 1 heteroatoms. The zero-order valence-corrected chi connectivity index (χ0v) is 29.3. The van der Waals surface area contributed by atoms with E-state index in [1.54, 1.807) is 0 Å². The highest BCUT2D eigenvalue weighted by Gasteiger charge is 2.36. The number of hydrogen-bond acceptors (Lipinski definition) is 1. The van der Waals surface area contributed by atoms with Crippen LogP contribution in [-0.4, -0.2) is 0 Å². The van der Waals surface area contributed by atoms with Crippen LogP contribution in [0.5, 0.6) is 0 Å². The summed E-state index contributed by atoms with van der Waals surface area (Å²) in [6.45, 7) is 4.70. The third kappa shape index (κ3) is 4.56. The summed E-state index contributed by atoms with van der Waals surface area (Å²) < 4.78 is 0. The molecule has 1 heterocycles. The lowest BCUT2D eigenvalue weighted by Gasteiger charge is -2.42. The van der Waals surface area contributed by atoms with Gasteiger partial charge in [-0.3, -0.25) is 0 Å². The first-order chi connectivity index (χ1) is 25.6. The number of nitrogens with zero attached hydrogens (tertiary/aromatic N) is 1. The fourth-order valence-corrected chi connectivity index (χ4v) is 8.82. The number of rotatable bonds is 4. The van der Waals surface area contributed by atoms with E-state index < -0.39 is 0 Å². The van der Waals surface area contributed by atoms with E-state index in [2.05, 4.69) is 207 Å². The second kappa shape index (κ2) is 11.8. The molecular weight excluding hydrogens is 627 g/mol. The predicted molar refractivity (Wildman–Crippen MR) is 222 cm³/mol. The van der Waals surface area contributed by atoms with Gasteiger partial charge in [-0.15, -0.1) is 0 Å². The van der Waals surface area contributed by atoms with Gasteiger partial charge < -0.3 is 4.90 Å². The first-order valence-electron chi connectivity index (χ1n) is 18.2. The Bertz CT molecular complexity index is 2750. The molecule has 9 aromatic carbocycles. The maximum Gasteiger partial charge on any atom is 0.0502 e. The zero-order valence-electron chi connectivity index (χ0n) is 29.3. The molecule has 0 aromatic heterocycles. The molecule has 0 aliphatic carbocycles. The van der Waals surface area contributed by atoms with Crippen LogP contribution in [-0.2, 0) is 5.41 Å². The van der Waals surface area contributed by atoms with Gasteiger partial charge in [0, 0.05) is 11.1 Å². The van der Waals surface area contributed by atoms with E-state index in [0.717, 1.165) is 5.69 Å². The molecule has 0 saturated carbocycles. The summed E-state index contributed by atoms with van der Waals surface area (Å²) in [5.74, 6) is 0. The van der Waals surface area contributed by atoms with Crippen LogP contribution in [0.25, 0.3) is 65.7 Å². The van der Waals surface area contributed by atoms with Crippen LogP contribution in [0, 0.1) is 0 Å². The summed E-state index contributed by atoms with van der Waals surface area (Å²) in [6.07, 6.45) is 0. The molecular formula is C51H37N. The van der Waals surface area contributed by atoms with E-state index in [1.165, 1.54) is 88.2 Å². The molecule has 246 valence electrons. The van der Waals surface area contributed by atoms with E-state index in [9.17, 15) is 0 Å². The minimum atomic E-state index is -0.115. The number of benzene rings is 9. The fourth-order valence-electron chi connectivity index (χ4n) is 8.82. The summed E-state index contributed by atoms with van der Waals surface area (Å²) in [7, 11) is 0. The Morgan fingerprint density at radius 2 is 0.846 bits per heavy atom. The molecule has 0 atom stereocenters. The number of para-hydroxylation sites is 2. The van der Waals surface area contributed by atoms with Crippen molar-refractivity contribution >= 4 is 49.4 Å². The van der Waals surface area contributed by atoms with Gasteiger partial charge >= 0.3 is 0 Å². The number of fused-ring (bicyclic) bond motifs is 8. The average molecular weight is 664 g/mol. The Kier molecular flexibility index (Phi) is 6.91. The Labute approximate surface area is 305 Å². The minimum absolute atomic E-state index is 0.115. The number of hydrogen-bond donors (Lipinski definition) is 0. The van der Waals surface area contributed by atoms with Crippen LogP contribution in [0.15, 0.2) is 188 Å². The van der Waals surface area contributed by atoms with Gasteiger partial charge in [0.05, 0.1) is 11.4 Å². The van der Waals surface area contributed by atoms with Crippen LogP contribution in [0.1, 0.15) is 25.0 Å². The molecule has 1 aliphatic rings. The first kappa shape index (κ1) is 30.4. The van der Waals surface area contributed by atoms with E-state index in [1.807, 2.05) is 0 Å². The van der Waals surface area contributed by atoms with Gasteiger partial charge in [-0.05, 0) is 107 Å². The quantitative estimate of drug-likeness (QED) is 0.169. The van der Waals surface area contributed by atoms with Crippen LogP contribution >= 0.6 is 0 Å². The molecule has 0 saturated heterocycles. The topological polar surface area (TPSA) is 3.24 Å². The third-order valence-corrected chi connectivity index (χ3v) is 11.2. The molecule has 52 heavy (non-hydrogen) atoms. The molecule has 0 amide bonds. The Balaban J connectivity index is 1.37. The second-order valence-electron chi connectivity index (χ2n) is 14.5. The molecule has 0 N–H and O–H groups in total. The normalized spacial score (nSPS) is 13.3. The zero-order chi connectivity index (χ0) is 34.8. The summed E-state index contributed by atoms with van der Waals surface area (Å²) in [5, 5.41) is 7.60. The lowest BCUT2D eigenvalue weighted by atomic mass is 9.73. The summed E-state index contributed by atoms with van der Waals surface area (Å²) in [6, 6.07) is 69.2. The Morgan fingerprint density at radius 3 is 1.46 bits per heavy atom. The lowest BCUT2D eigenvalue weighted by molar-refractivity contribution is 0.632. The van der Waals surface area contributed by atoms with Crippen LogP contribution in [0.3, 0.4) is 0 Å². The van der Waals surface area contributed by atoms with Crippen LogP contribution in [0.4, 0.5) is 17.1 Å². The summed E-state index contributed by atoms with van der Waals surface area (Å²) in [4.78, 5) is 2.47. The van der Waals surface area contributed by atoms with Crippen molar-refractivity contribution in [1.29, 1.82) is 0 Å². The van der Waals surface area contributed by atoms with Gasteiger partial charge in [0.2, 0.25) is 0 Å². The smallest absolute Gasteiger partial charge is 0.0502 e. The first-order valence-corrected chi connectivity index (χ1v) is 18.2. The molecule has 0 spiro atoms. The van der Waals surface area contributed by atoms with Crippen molar-refractivity contribution in [1.82, 2.24) is 0 Å². The van der Waals surface area contributed by atoms with Crippen molar-refractivity contribution in [3.63, 3.8) is 0 Å². The highest BCUT2D eigenvalue weighted by molar-refractivity contribution is 6.33. The van der Waals surface area contributed by atoms with Gasteiger partial charge in [0.1, 0.15) is 0 Å². The molecule has 10 rings (SSSR count). The maximum atomic E-state index is 2.47. The Hall–Kier alpha value is -6.44. The van der Waals surface area contributed by atoms with Gasteiger partial charge in [0.15, 0.2) is 0 Å². The third-order valence-electron chi connectivity index (χ3n) is 11.2. The van der Waals surface area contributed by atoms with Crippen molar-refractivity contribution in [3.05, 3.63) is 199 Å². The Morgan fingerprint density at radius 1 is 0.365 bits per heavy atom. The highest BCUT2D eigenvalue weighted by atomic mass is 15.2. The van der Waals surface area contributed by atoms with Crippen molar-refractivity contribution in [2.75, 3.05) is 4.90 Å². The molecule has 0 bridgehead atoms. The van der Waals surface area contributed by atoms with Crippen LogP contribution in [0.2, 0.25) is 0 Å². The second-order valence-corrected chi connectivity index (χ2v) is 14.5. The minimum Gasteiger partial charge on any atom is -0.310 e. The van der Waals surface area contributed by atoms with Crippen molar-refractivity contribution in [2.45, 2.75) is 19.3 Å².